The molecule has 1 heterocycles. The lowest BCUT2D eigenvalue weighted by Gasteiger charge is -2.57. The zero-order valence-electron chi connectivity index (χ0n) is 18.7. The van der Waals surface area contributed by atoms with Gasteiger partial charge in [0.25, 0.3) is 0 Å². The van der Waals surface area contributed by atoms with Crippen molar-refractivity contribution in [2.45, 2.75) is 52.0 Å². The molecule has 0 saturated heterocycles. The van der Waals surface area contributed by atoms with Crippen LogP contribution in [0.25, 0.3) is 11.5 Å². The van der Waals surface area contributed by atoms with Gasteiger partial charge in [-0.1, -0.05) is 0 Å². The van der Waals surface area contributed by atoms with Crippen molar-refractivity contribution >= 4 is 0 Å². The number of nitrogens with zero attached hydrogens (tertiary/aromatic N) is 2. The molecule has 0 amide bonds. The van der Waals surface area contributed by atoms with E-state index in [1.54, 1.807) is 14.2 Å². The molecule has 4 bridgehead atoms. The Hall–Kier alpha value is -2.01. The zero-order chi connectivity index (χ0) is 20.9. The van der Waals surface area contributed by atoms with Crippen molar-refractivity contribution < 1.29 is 13.9 Å². The number of hydrogen-bond acceptors (Lipinski definition) is 5. The molecule has 4 saturated carbocycles. The highest BCUT2D eigenvalue weighted by atomic mass is 16.5. The van der Waals surface area contributed by atoms with E-state index in [0.717, 1.165) is 47.1 Å². The first-order valence-electron chi connectivity index (χ1n) is 11.3. The summed E-state index contributed by atoms with van der Waals surface area (Å²) in [4.78, 5) is 7.33. The molecule has 1 aromatic heterocycles. The average Bonchev–Trinajstić information content (AvgIpc) is 3.05. The summed E-state index contributed by atoms with van der Waals surface area (Å²) in [5, 5.41) is 0. The predicted octanol–water partition coefficient (Wildman–Crippen LogP) is 5.32. The van der Waals surface area contributed by atoms with Gasteiger partial charge in [-0.3, -0.25) is 4.90 Å². The number of oxazole rings is 1. The van der Waals surface area contributed by atoms with E-state index in [0.29, 0.717) is 17.1 Å². The fourth-order valence-electron chi connectivity index (χ4n) is 7.03. The number of benzene rings is 1. The Balaban J connectivity index is 1.31. The fourth-order valence-corrected chi connectivity index (χ4v) is 7.03. The molecule has 5 heteroatoms. The lowest BCUT2D eigenvalue weighted by Crippen LogP contribution is -2.50. The van der Waals surface area contributed by atoms with E-state index in [2.05, 4.69) is 11.9 Å². The highest BCUT2D eigenvalue weighted by Gasteiger charge is 2.51. The topological polar surface area (TPSA) is 47.7 Å². The predicted molar refractivity (Wildman–Crippen MR) is 117 cm³/mol. The van der Waals surface area contributed by atoms with E-state index in [1.807, 2.05) is 25.1 Å². The first-order chi connectivity index (χ1) is 14.5. The van der Waals surface area contributed by atoms with Crippen molar-refractivity contribution in [2.75, 3.05) is 27.8 Å². The lowest BCUT2D eigenvalue weighted by atomic mass is 9.49. The maximum atomic E-state index is 6.05. The maximum absolute atomic E-state index is 6.05. The van der Waals surface area contributed by atoms with Gasteiger partial charge in [-0.05, 0) is 87.8 Å². The first-order valence-corrected chi connectivity index (χ1v) is 11.3. The first kappa shape index (κ1) is 19.9. The quantitative estimate of drug-likeness (QED) is 0.619. The van der Waals surface area contributed by atoms with Crippen LogP contribution < -0.4 is 9.47 Å². The van der Waals surface area contributed by atoms with Crippen molar-refractivity contribution in [3.8, 4) is 23.0 Å². The largest absolute Gasteiger partial charge is 0.497 e. The second-order valence-corrected chi connectivity index (χ2v) is 10.2. The number of ether oxygens (including phenoxy) is 2. The Bertz CT molecular complexity index is 884. The third-order valence-electron chi connectivity index (χ3n) is 7.72. The number of rotatable bonds is 7. The Morgan fingerprint density at radius 1 is 1.07 bits per heavy atom. The average molecular weight is 411 g/mol. The van der Waals surface area contributed by atoms with Gasteiger partial charge in [-0.25, -0.2) is 4.98 Å². The molecule has 4 aliphatic rings. The Morgan fingerprint density at radius 2 is 1.73 bits per heavy atom. The molecule has 2 aromatic rings. The highest BCUT2D eigenvalue weighted by Crippen LogP contribution is 2.60. The zero-order valence-corrected chi connectivity index (χ0v) is 18.7. The molecular formula is C25H34N2O3. The minimum atomic E-state index is 0.545. The van der Waals surface area contributed by atoms with Gasteiger partial charge in [0, 0.05) is 19.2 Å². The maximum Gasteiger partial charge on any atom is 0.230 e. The monoisotopic (exact) mass is 410 g/mol. The number of methoxy groups -OCH3 is 2. The fraction of sp³-hybridized carbons (Fsp3) is 0.640. The van der Waals surface area contributed by atoms with E-state index in [9.17, 15) is 0 Å². The van der Waals surface area contributed by atoms with Crippen LogP contribution in [-0.4, -0.2) is 37.7 Å². The smallest absolute Gasteiger partial charge is 0.230 e. The van der Waals surface area contributed by atoms with Gasteiger partial charge in [-0.15, -0.1) is 0 Å². The molecule has 0 aliphatic heterocycles. The lowest BCUT2D eigenvalue weighted by molar-refractivity contribution is -0.0671. The number of hydrogen-bond donors (Lipinski definition) is 0. The van der Waals surface area contributed by atoms with Gasteiger partial charge in [0.2, 0.25) is 5.89 Å². The van der Waals surface area contributed by atoms with E-state index in [1.165, 1.54) is 45.1 Å². The van der Waals surface area contributed by atoms with Crippen molar-refractivity contribution in [3.63, 3.8) is 0 Å². The summed E-state index contributed by atoms with van der Waals surface area (Å²) in [5.41, 5.74) is 2.43. The summed E-state index contributed by atoms with van der Waals surface area (Å²) in [5.74, 6) is 5.96. The van der Waals surface area contributed by atoms with Gasteiger partial charge in [0.1, 0.15) is 17.3 Å². The molecule has 4 fully saturated rings. The number of aromatic nitrogens is 1. The molecule has 1 aromatic carbocycles. The SMILES string of the molecule is COc1ccc(-c2nc(CN(C)CC34CC5CC(CC(C5)C3)C4)c(C)o2)c(OC)c1. The summed E-state index contributed by atoms with van der Waals surface area (Å²) >= 11 is 0. The summed E-state index contributed by atoms with van der Waals surface area (Å²) in [6.45, 7) is 4.03. The normalized spacial score (nSPS) is 29.6. The summed E-state index contributed by atoms with van der Waals surface area (Å²) in [7, 11) is 5.57. The molecule has 0 N–H and O–H groups in total. The summed E-state index contributed by atoms with van der Waals surface area (Å²) in [6, 6.07) is 5.73. The molecule has 0 radical (unpaired) electrons. The van der Waals surface area contributed by atoms with Crippen LogP contribution in [-0.2, 0) is 6.54 Å². The Morgan fingerprint density at radius 3 is 2.33 bits per heavy atom. The summed E-state index contributed by atoms with van der Waals surface area (Å²) in [6.07, 6.45) is 8.82. The molecule has 30 heavy (non-hydrogen) atoms. The van der Waals surface area contributed by atoms with Gasteiger partial charge in [0.15, 0.2) is 0 Å². The van der Waals surface area contributed by atoms with E-state index >= 15 is 0 Å². The van der Waals surface area contributed by atoms with Crippen LogP contribution in [0.15, 0.2) is 22.6 Å². The summed E-state index contributed by atoms with van der Waals surface area (Å²) < 4.78 is 16.9. The van der Waals surface area contributed by atoms with E-state index < -0.39 is 0 Å². The van der Waals surface area contributed by atoms with Crippen molar-refractivity contribution in [1.29, 1.82) is 0 Å². The van der Waals surface area contributed by atoms with E-state index in [4.69, 9.17) is 18.9 Å². The van der Waals surface area contributed by atoms with E-state index in [-0.39, 0.29) is 0 Å². The van der Waals surface area contributed by atoms with Gasteiger partial charge < -0.3 is 13.9 Å². The third-order valence-corrected chi connectivity index (χ3v) is 7.72. The van der Waals surface area contributed by atoms with Crippen molar-refractivity contribution in [1.82, 2.24) is 9.88 Å². The molecule has 0 spiro atoms. The molecule has 6 rings (SSSR count). The highest BCUT2D eigenvalue weighted by molar-refractivity contribution is 5.65. The van der Waals surface area contributed by atoms with Crippen molar-refractivity contribution in [3.05, 3.63) is 29.7 Å². The second-order valence-electron chi connectivity index (χ2n) is 10.2. The standard InChI is InChI=1S/C25H34N2O3/c1-16-22(26-24(30-16)21-6-5-20(28-3)10-23(21)29-4)14-27(2)15-25-11-17-7-18(12-25)9-19(8-17)13-25/h5-6,10,17-19H,7-9,11-15H2,1-4H3. The number of aryl methyl sites for hydroxylation is 1. The molecule has 0 unspecified atom stereocenters. The van der Waals surface area contributed by atoms with Gasteiger partial charge >= 0.3 is 0 Å². The molecule has 0 atom stereocenters. The molecule has 4 aliphatic carbocycles. The van der Waals surface area contributed by atoms with Gasteiger partial charge in [0.05, 0.1) is 25.5 Å². The Kier molecular flexibility index (Phi) is 5.04. The Labute approximate surface area is 179 Å². The molecular weight excluding hydrogens is 376 g/mol. The van der Waals surface area contributed by atoms with Crippen LogP contribution in [0, 0.1) is 30.1 Å². The van der Waals surface area contributed by atoms with Crippen LogP contribution in [0.2, 0.25) is 0 Å². The van der Waals surface area contributed by atoms with Crippen LogP contribution in [0.5, 0.6) is 11.5 Å². The van der Waals surface area contributed by atoms with Crippen LogP contribution in [0.3, 0.4) is 0 Å². The van der Waals surface area contributed by atoms with Gasteiger partial charge in [-0.2, -0.15) is 0 Å². The molecule has 162 valence electrons. The van der Waals surface area contributed by atoms with Crippen LogP contribution in [0.1, 0.15) is 50.0 Å². The van der Waals surface area contributed by atoms with Crippen molar-refractivity contribution in [2.24, 2.45) is 23.2 Å². The van der Waals surface area contributed by atoms with Crippen LogP contribution in [0.4, 0.5) is 0 Å². The second kappa shape index (κ2) is 7.60. The minimum absolute atomic E-state index is 0.545. The third kappa shape index (κ3) is 3.62. The minimum Gasteiger partial charge on any atom is -0.497 e. The van der Waals surface area contributed by atoms with Crippen LogP contribution >= 0.6 is 0 Å². The molecule has 5 nitrogen and oxygen atoms in total.